The van der Waals surface area contributed by atoms with Crippen LogP contribution in [0.3, 0.4) is 0 Å². The molecule has 2 rings (SSSR count). The molecule has 2 unspecified atom stereocenters. The number of fused-ring (bicyclic) bond motifs is 1. The minimum atomic E-state index is -4.17. The summed E-state index contributed by atoms with van der Waals surface area (Å²) in [5.41, 5.74) is 5.25. The first-order valence-corrected chi connectivity index (χ1v) is 6.74. The maximum atomic E-state index is 12.7. The number of rotatable bonds is 3. The summed E-state index contributed by atoms with van der Waals surface area (Å²) in [6.45, 7) is 3.27. The first-order chi connectivity index (χ1) is 8.50. The van der Waals surface area contributed by atoms with E-state index in [2.05, 4.69) is 4.90 Å². The first kappa shape index (κ1) is 14.1. The first-order valence-electron chi connectivity index (χ1n) is 6.74. The summed E-state index contributed by atoms with van der Waals surface area (Å²) in [6, 6.07) is 0.458. The monoisotopic (exact) mass is 265 g/mol. The standard InChI is InChI=1S/C12H22F3N3/c13-12(14,15)10(7-16)8-17-5-6-18-4-2-1-3-11(18)9-17/h10-11H,1-9,16H2. The molecular weight excluding hydrogens is 243 g/mol. The molecule has 0 aliphatic carbocycles. The van der Waals surface area contributed by atoms with Crippen LogP contribution in [0.5, 0.6) is 0 Å². The third-order valence-electron chi connectivity index (χ3n) is 4.15. The van der Waals surface area contributed by atoms with Crippen molar-refractivity contribution in [2.24, 2.45) is 11.7 Å². The second-order valence-corrected chi connectivity index (χ2v) is 5.42. The van der Waals surface area contributed by atoms with E-state index in [-0.39, 0.29) is 13.1 Å². The second kappa shape index (κ2) is 5.75. The highest BCUT2D eigenvalue weighted by atomic mass is 19.4. The van der Waals surface area contributed by atoms with Gasteiger partial charge in [-0.2, -0.15) is 13.2 Å². The Balaban J connectivity index is 1.87. The molecule has 2 N–H and O–H groups in total. The van der Waals surface area contributed by atoms with Crippen molar-refractivity contribution in [2.75, 3.05) is 39.3 Å². The van der Waals surface area contributed by atoms with Crippen LogP contribution in [0, 0.1) is 5.92 Å². The van der Waals surface area contributed by atoms with Crippen LogP contribution in [-0.4, -0.2) is 61.3 Å². The molecule has 0 amide bonds. The molecule has 3 nitrogen and oxygen atoms in total. The van der Waals surface area contributed by atoms with Crippen molar-refractivity contribution in [2.45, 2.75) is 31.5 Å². The van der Waals surface area contributed by atoms with Crippen LogP contribution in [-0.2, 0) is 0 Å². The number of piperazine rings is 1. The zero-order chi connectivity index (χ0) is 13.2. The second-order valence-electron chi connectivity index (χ2n) is 5.42. The summed E-state index contributed by atoms with van der Waals surface area (Å²) in [6.07, 6.45) is -0.618. The quantitative estimate of drug-likeness (QED) is 0.834. The predicted molar refractivity (Wildman–Crippen MR) is 64.3 cm³/mol. The summed E-state index contributed by atoms with van der Waals surface area (Å²) in [5, 5.41) is 0. The van der Waals surface area contributed by atoms with E-state index in [0.29, 0.717) is 6.04 Å². The number of halogens is 3. The van der Waals surface area contributed by atoms with Crippen molar-refractivity contribution >= 4 is 0 Å². The Morgan fingerprint density at radius 3 is 2.61 bits per heavy atom. The van der Waals surface area contributed by atoms with E-state index in [0.717, 1.165) is 32.6 Å². The predicted octanol–water partition coefficient (Wildman–Crippen LogP) is 1.29. The van der Waals surface area contributed by atoms with Crippen LogP contribution in [0.2, 0.25) is 0 Å². The molecule has 6 heteroatoms. The zero-order valence-corrected chi connectivity index (χ0v) is 10.6. The van der Waals surface area contributed by atoms with E-state index in [1.807, 2.05) is 4.90 Å². The van der Waals surface area contributed by atoms with Crippen LogP contribution >= 0.6 is 0 Å². The molecule has 0 spiro atoms. The topological polar surface area (TPSA) is 32.5 Å². The summed E-state index contributed by atoms with van der Waals surface area (Å²) in [7, 11) is 0. The lowest BCUT2D eigenvalue weighted by molar-refractivity contribution is -0.178. The Labute approximate surface area is 106 Å². The fourth-order valence-electron chi connectivity index (χ4n) is 3.01. The Morgan fingerprint density at radius 2 is 1.94 bits per heavy atom. The smallest absolute Gasteiger partial charge is 0.330 e. The number of nitrogens with two attached hydrogens (primary N) is 1. The van der Waals surface area contributed by atoms with Crippen LogP contribution in [0.15, 0.2) is 0 Å². The number of hydrogen-bond acceptors (Lipinski definition) is 3. The normalized spacial score (nSPS) is 29.0. The molecule has 2 saturated heterocycles. The average Bonchev–Trinajstić information content (AvgIpc) is 2.34. The fraction of sp³-hybridized carbons (Fsp3) is 1.00. The summed E-state index contributed by atoms with van der Waals surface area (Å²) in [5.74, 6) is -1.38. The lowest BCUT2D eigenvalue weighted by atomic mass is 9.98. The molecule has 0 aromatic rings. The third kappa shape index (κ3) is 3.36. The van der Waals surface area contributed by atoms with E-state index < -0.39 is 12.1 Å². The molecule has 2 aliphatic rings. The van der Waals surface area contributed by atoms with E-state index in [4.69, 9.17) is 5.73 Å². The lowest BCUT2D eigenvalue weighted by Gasteiger charge is -2.44. The van der Waals surface area contributed by atoms with Gasteiger partial charge in [-0.3, -0.25) is 9.80 Å². The van der Waals surface area contributed by atoms with Gasteiger partial charge in [0, 0.05) is 38.8 Å². The van der Waals surface area contributed by atoms with Gasteiger partial charge in [0.1, 0.15) is 0 Å². The molecule has 0 bridgehead atoms. The van der Waals surface area contributed by atoms with Crippen LogP contribution < -0.4 is 5.73 Å². The maximum absolute atomic E-state index is 12.7. The molecule has 2 fully saturated rings. The van der Waals surface area contributed by atoms with Crippen molar-refractivity contribution in [3.05, 3.63) is 0 Å². The molecule has 0 aromatic carbocycles. The Morgan fingerprint density at radius 1 is 1.17 bits per heavy atom. The van der Waals surface area contributed by atoms with Gasteiger partial charge in [-0.05, 0) is 19.4 Å². The van der Waals surface area contributed by atoms with Crippen molar-refractivity contribution in [3.63, 3.8) is 0 Å². The number of nitrogens with zero attached hydrogens (tertiary/aromatic N) is 2. The maximum Gasteiger partial charge on any atom is 0.394 e. The molecule has 2 heterocycles. The van der Waals surface area contributed by atoms with Crippen LogP contribution in [0.4, 0.5) is 13.2 Å². The summed E-state index contributed by atoms with van der Waals surface area (Å²) in [4.78, 5) is 4.36. The fourth-order valence-corrected chi connectivity index (χ4v) is 3.01. The molecule has 0 aromatic heterocycles. The Hall–Kier alpha value is -0.330. The van der Waals surface area contributed by atoms with Gasteiger partial charge in [0.15, 0.2) is 0 Å². The van der Waals surface area contributed by atoms with Gasteiger partial charge < -0.3 is 5.73 Å². The van der Waals surface area contributed by atoms with Gasteiger partial charge in [-0.25, -0.2) is 0 Å². The van der Waals surface area contributed by atoms with Gasteiger partial charge in [-0.15, -0.1) is 0 Å². The van der Waals surface area contributed by atoms with Crippen LogP contribution in [0.1, 0.15) is 19.3 Å². The molecule has 106 valence electrons. The van der Waals surface area contributed by atoms with Crippen molar-refractivity contribution in [1.29, 1.82) is 0 Å². The number of alkyl halides is 3. The van der Waals surface area contributed by atoms with Crippen molar-refractivity contribution in [1.82, 2.24) is 9.80 Å². The van der Waals surface area contributed by atoms with Gasteiger partial charge >= 0.3 is 6.18 Å². The van der Waals surface area contributed by atoms with Gasteiger partial charge in [0.05, 0.1) is 5.92 Å². The molecule has 2 atom stereocenters. The molecule has 2 aliphatic heterocycles. The SMILES string of the molecule is NCC(CN1CCN2CCCCC2C1)C(F)(F)F. The van der Waals surface area contributed by atoms with Gasteiger partial charge in [0.2, 0.25) is 0 Å². The van der Waals surface area contributed by atoms with Gasteiger partial charge in [-0.1, -0.05) is 6.42 Å². The highest BCUT2D eigenvalue weighted by Crippen LogP contribution is 2.28. The van der Waals surface area contributed by atoms with Crippen LogP contribution in [0.25, 0.3) is 0 Å². The molecular formula is C12H22F3N3. The minimum Gasteiger partial charge on any atom is -0.330 e. The van der Waals surface area contributed by atoms with E-state index in [1.54, 1.807) is 0 Å². The zero-order valence-electron chi connectivity index (χ0n) is 10.6. The highest BCUT2D eigenvalue weighted by Gasteiger charge is 2.40. The van der Waals surface area contributed by atoms with E-state index >= 15 is 0 Å². The van der Waals surface area contributed by atoms with E-state index in [1.165, 1.54) is 12.8 Å². The Bertz CT molecular complexity index is 270. The van der Waals surface area contributed by atoms with Crippen molar-refractivity contribution in [3.8, 4) is 0 Å². The molecule has 18 heavy (non-hydrogen) atoms. The minimum absolute atomic E-state index is 0.0599. The third-order valence-corrected chi connectivity index (χ3v) is 4.15. The van der Waals surface area contributed by atoms with Gasteiger partial charge in [0.25, 0.3) is 0 Å². The molecule has 0 radical (unpaired) electrons. The summed E-state index contributed by atoms with van der Waals surface area (Å²) < 4.78 is 38.1. The van der Waals surface area contributed by atoms with Crippen molar-refractivity contribution < 1.29 is 13.2 Å². The average molecular weight is 265 g/mol. The molecule has 0 saturated carbocycles. The Kier molecular flexibility index (Phi) is 4.50. The van der Waals surface area contributed by atoms with E-state index in [9.17, 15) is 13.2 Å². The summed E-state index contributed by atoms with van der Waals surface area (Å²) >= 11 is 0. The number of piperidine rings is 1. The largest absolute Gasteiger partial charge is 0.394 e. The highest BCUT2D eigenvalue weighted by molar-refractivity contribution is 4.86. The lowest BCUT2D eigenvalue weighted by Crippen LogP contribution is -2.56. The number of hydrogen-bond donors (Lipinski definition) is 1.